The Kier molecular flexibility index (Phi) is 4.66. The summed E-state index contributed by atoms with van der Waals surface area (Å²) in [6, 6.07) is 11.5. The van der Waals surface area contributed by atoms with Gasteiger partial charge in [-0.3, -0.25) is 0 Å². The number of urea groups is 1. The van der Waals surface area contributed by atoms with Crippen LogP contribution in [0.4, 0.5) is 4.79 Å². The van der Waals surface area contributed by atoms with E-state index in [0.717, 1.165) is 41.3 Å². The Morgan fingerprint density at radius 2 is 2.11 bits per heavy atom. The molecule has 0 saturated carbocycles. The highest BCUT2D eigenvalue weighted by Gasteiger charge is 2.30. The van der Waals surface area contributed by atoms with E-state index in [1.54, 1.807) is 13.3 Å². The average Bonchev–Trinajstić information content (AvgIpc) is 3.32. The molecule has 0 aliphatic carbocycles. The van der Waals surface area contributed by atoms with E-state index < -0.39 is 0 Å². The normalized spacial score (nSPS) is 16.7. The summed E-state index contributed by atoms with van der Waals surface area (Å²) in [5, 5.41) is 3.00. The first-order chi connectivity index (χ1) is 13.2. The van der Waals surface area contributed by atoms with Crippen molar-refractivity contribution >= 4 is 17.2 Å². The summed E-state index contributed by atoms with van der Waals surface area (Å²) in [5.41, 5.74) is 2.83. The number of carbonyl (C=O) groups excluding carboxylic acids is 1. The summed E-state index contributed by atoms with van der Waals surface area (Å²) in [6.45, 7) is 1.90. The Hall–Kier alpha value is -3.09. The minimum atomic E-state index is -0.0368. The molecule has 0 radical (unpaired) electrons. The van der Waals surface area contributed by atoms with Gasteiger partial charge in [0.05, 0.1) is 7.11 Å². The highest BCUT2D eigenvalue weighted by atomic mass is 16.5. The fourth-order valence-electron chi connectivity index (χ4n) is 3.59. The zero-order chi connectivity index (χ0) is 18.8. The molecule has 3 aromatic rings. The molecule has 1 aliphatic rings. The summed E-state index contributed by atoms with van der Waals surface area (Å²) in [6.07, 6.45) is 2.69. The number of likely N-dealkylation sites (tertiary alicyclic amines) is 1. The summed E-state index contributed by atoms with van der Waals surface area (Å²) < 4.78 is 7.19. The minimum Gasteiger partial charge on any atom is -0.497 e. The van der Waals surface area contributed by atoms with Crippen LogP contribution in [0.1, 0.15) is 23.7 Å². The maximum atomic E-state index is 12.5. The topological polar surface area (TPSA) is 72.3 Å². The van der Waals surface area contributed by atoms with Gasteiger partial charge in [0.1, 0.15) is 17.1 Å². The molecule has 2 aromatic heterocycles. The zero-order valence-electron chi connectivity index (χ0n) is 15.6. The van der Waals surface area contributed by atoms with Crippen molar-refractivity contribution in [3.05, 3.63) is 54.0 Å². The Balaban J connectivity index is 1.38. The number of methoxy groups -OCH3 is 1. The van der Waals surface area contributed by atoms with Crippen molar-refractivity contribution in [1.29, 1.82) is 0 Å². The van der Waals surface area contributed by atoms with Gasteiger partial charge in [-0.05, 0) is 36.2 Å². The van der Waals surface area contributed by atoms with Gasteiger partial charge >= 0.3 is 6.03 Å². The molecule has 4 rings (SSSR count). The smallest absolute Gasteiger partial charge is 0.317 e. The molecule has 1 saturated heterocycles. The van der Waals surface area contributed by atoms with Gasteiger partial charge < -0.3 is 19.5 Å². The van der Waals surface area contributed by atoms with Crippen LogP contribution < -0.4 is 10.1 Å². The fraction of sp³-hybridized carbons (Fsp3) is 0.350. The van der Waals surface area contributed by atoms with E-state index in [0.29, 0.717) is 13.1 Å². The lowest BCUT2D eigenvalue weighted by Gasteiger charge is -2.17. The number of nitrogens with one attached hydrogen (secondary N) is 1. The lowest BCUT2D eigenvalue weighted by molar-refractivity contribution is 0.207. The van der Waals surface area contributed by atoms with Gasteiger partial charge in [0, 0.05) is 38.8 Å². The molecule has 7 nitrogen and oxygen atoms in total. The molecule has 0 spiro atoms. The molecule has 0 bridgehead atoms. The average molecular weight is 365 g/mol. The van der Waals surface area contributed by atoms with Gasteiger partial charge in [0.15, 0.2) is 5.65 Å². The van der Waals surface area contributed by atoms with E-state index in [4.69, 9.17) is 9.72 Å². The summed E-state index contributed by atoms with van der Waals surface area (Å²) in [7, 11) is 3.63. The van der Waals surface area contributed by atoms with E-state index in [1.165, 1.54) is 0 Å². The molecule has 27 heavy (non-hydrogen) atoms. The van der Waals surface area contributed by atoms with Crippen LogP contribution in [0.3, 0.4) is 0 Å². The molecule has 1 aromatic carbocycles. The van der Waals surface area contributed by atoms with E-state index >= 15 is 0 Å². The van der Waals surface area contributed by atoms with E-state index in [1.807, 2.05) is 52.9 Å². The third-order valence-electron chi connectivity index (χ3n) is 5.11. The quantitative estimate of drug-likeness (QED) is 0.772. The van der Waals surface area contributed by atoms with Crippen molar-refractivity contribution < 1.29 is 9.53 Å². The number of aryl methyl sites for hydroxylation is 1. The van der Waals surface area contributed by atoms with Crippen LogP contribution in [0.25, 0.3) is 11.2 Å². The van der Waals surface area contributed by atoms with Gasteiger partial charge in [0.2, 0.25) is 0 Å². The lowest BCUT2D eigenvalue weighted by Crippen LogP contribution is -2.38. The first-order valence-electron chi connectivity index (χ1n) is 9.08. The van der Waals surface area contributed by atoms with Crippen LogP contribution in [0.15, 0.2) is 42.6 Å². The van der Waals surface area contributed by atoms with Gasteiger partial charge in [-0.1, -0.05) is 12.1 Å². The maximum absolute atomic E-state index is 12.5. The second kappa shape index (κ2) is 7.26. The molecule has 140 valence electrons. The SMILES string of the molecule is COc1ccc(CNC(=O)N2CC[C@@H](c3nc4cccnc4n3C)C2)cc1. The number of hydrogen-bond acceptors (Lipinski definition) is 4. The third kappa shape index (κ3) is 3.45. The molecule has 1 N–H and O–H groups in total. The number of aromatic nitrogens is 3. The van der Waals surface area contributed by atoms with Crippen molar-refractivity contribution in [2.75, 3.05) is 20.2 Å². The second-order valence-electron chi connectivity index (χ2n) is 6.81. The Morgan fingerprint density at radius 1 is 1.30 bits per heavy atom. The van der Waals surface area contributed by atoms with Crippen LogP contribution in [-0.2, 0) is 13.6 Å². The van der Waals surface area contributed by atoms with Crippen LogP contribution in [0.5, 0.6) is 5.75 Å². The number of amides is 2. The van der Waals surface area contributed by atoms with E-state index in [-0.39, 0.29) is 11.9 Å². The number of pyridine rings is 1. The predicted molar refractivity (Wildman–Crippen MR) is 103 cm³/mol. The summed E-state index contributed by atoms with van der Waals surface area (Å²) >= 11 is 0. The minimum absolute atomic E-state index is 0.0368. The highest BCUT2D eigenvalue weighted by Crippen LogP contribution is 2.28. The summed E-state index contributed by atoms with van der Waals surface area (Å²) in [4.78, 5) is 23.5. The molecule has 7 heteroatoms. The van der Waals surface area contributed by atoms with Crippen LogP contribution in [-0.4, -0.2) is 45.7 Å². The molecule has 2 amide bonds. The van der Waals surface area contributed by atoms with Gasteiger partial charge in [-0.2, -0.15) is 0 Å². The van der Waals surface area contributed by atoms with Crippen molar-refractivity contribution in [3.8, 4) is 5.75 Å². The molecule has 0 unspecified atom stereocenters. The lowest BCUT2D eigenvalue weighted by atomic mass is 10.1. The Bertz CT molecular complexity index is 951. The summed E-state index contributed by atoms with van der Waals surface area (Å²) in [5.74, 6) is 2.04. The Labute approximate surface area is 158 Å². The van der Waals surface area contributed by atoms with Crippen molar-refractivity contribution in [1.82, 2.24) is 24.8 Å². The van der Waals surface area contributed by atoms with Gasteiger partial charge in [-0.15, -0.1) is 0 Å². The number of hydrogen-bond donors (Lipinski definition) is 1. The molecule has 1 atom stereocenters. The predicted octanol–water partition coefficient (Wildman–Crippen LogP) is 2.68. The van der Waals surface area contributed by atoms with E-state index in [9.17, 15) is 4.79 Å². The maximum Gasteiger partial charge on any atom is 0.317 e. The van der Waals surface area contributed by atoms with Gasteiger partial charge in [0.25, 0.3) is 0 Å². The Morgan fingerprint density at radius 3 is 2.85 bits per heavy atom. The van der Waals surface area contributed by atoms with Gasteiger partial charge in [-0.25, -0.2) is 14.8 Å². The highest BCUT2D eigenvalue weighted by molar-refractivity contribution is 5.75. The number of carbonyl (C=O) groups is 1. The molecule has 3 heterocycles. The monoisotopic (exact) mass is 365 g/mol. The molecule has 1 aliphatic heterocycles. The van der Waals surface area contributed by atoms with Crippen LogP contribution in [0.2, 0.25) is 0 Å². The standard InChI is InChI=1S/C20H23N5O2/c1-24-18(23-17-4-3-10-21-19(17)24)15-9-11-25(13-15)20(26)22-12-14-5-7-16(27-2)8-6-14/h3-8,10,15H,9,11-13H2,1-2H3,(H,22,26)/t15-/m1/s1. The first kappa shape index (κ1) is 17.3. The fourth-order valence-corrected chi connectivity index (χ4v) is 3.59. The number of benzene rings is 1. The van der Waals surface area contributed by atoms with E-state index in [2.05, 4.69) is 10.3 Å². The van der Waals surface area contributed by atoms with Crippen molar-refractivity contribution in [3.63, 3.8) is 0 Å². The van der Waals surface area contributed by atoms with Crippen LogP contribution >= 0.6 is 0 Å². The first-order valence-corrected chi connectivity index (χ1v) is 9.08. The van der Waals surface area contributed by atoms with Crippen molar-refractivity contribution in [2.24, 2.45) is 7.05 Å². The number of ether oxygens (including phenoxy) is 1. The second-order valence-corrected chi connectivity index (χ2v) is 6.81. The number of nitrogens with zero attached hydrogens (tertiary/aromatic N) is 4. The zero-order valence-corrected chi connectivity index (χ0v) is 15.6. The molecular weight excluding hydrogens is 342 g/mol. The molecular formula is C20H23N5O2. The number of imidazole rings is 1. The number of fused-ring (bicyclic) bond motifs is 1. The largest absolute Gasteiger partial charge is 0.497 e. The van der Waals surface area contributed by atoms with Crippen molar-refractivity contribution in [2.45, 2.75) is 18.9 Å². The van der Waals surface area contributed by atoms with Crippen LogP contribution in [0, 0.1) is 0 Å². The number of rotatable bonds is 4. The molecule has 1 fully saturated rings. The third-order valence-corrected chi connectivity index (χ3v) is 5.11.